The molecule has 0 atom stereocenters. The number of hydrogen-bond donors (Lipinski definition) is 0. The summed E-state index contributed by atoms with van der Waals surface area (Å²) >= 11 is 9.62. The molecule has 0 bridgehead atoms. The molecule has 3 rings (SSSR count). The third-order valence-electron chi connectivity index (χ3n) is 3.24. The third-order valence-corrected chi connectivity index (χ3v) is 4.25. The highest BCUT2D eigenvalue weighted by Gasteiger charge is 2.29. The average Bonchev–Trinajstić information content (AvgIpc) is 3.11. The minimum Gasteiger partial charge on any atom is -0.310 e. The predicted octanol–water partition coefficient (Wildman–Crippen LogP) is 3.93. The van der Waals surface area contributed by atoms with Crippen molar-refractivity contribution < 1.29 is 0 Å². The lowest BCUT2D eigenvalue weighted by atomic mass is 10.2. The number of benzene rings is 1. The van der Waals surface area contributed by atoms with E-state index in [1.807, 2.05) is 25.1 Å². The van der Waals surface area contributed by atoms with Crippen LogP contribution in [-0.2, 0) is 6.54 Å². The number of halogens is 2. The molecule has 1 aliphatic carbocycles. The van der Waals surface area contributed by atoms with E-state index >= 15 is 0 Å². The topological polar surface area (TPSA) is 30.7 Å². The summed E-state index contributed by atoms with van der Waals surface area (Å²) in [7, 11) is 0. The molecule has 1 aromatic heterocycles. The highest BCUT2D eigenvalue weighted by Crippen LogP contribution is 2.39. The van der Waals surface area contributed by atoms with E-state index in [2.05, 4.69) is 30.7 Å². The van der Waals surface area contributed by atoms with Gasteiger partial charge in [0.05, 0.1) is 6.54 Å². The second kappa shape index (κ2) is 4.67. The van der Waals surface area contributed by atoms with Gasteiger partial charge in [-0.2, -0.15) is 0 Å². The quantitative estimate of drug-likeness (QED) is 0.855. The van der Waals surface area contributed by atoms with Gasteiger partial charge in [-0.15, -0.1) is 10.2 Å². The van der Waals surface area contributed by atoms with Gasteiger partial charge >= 0.3 is 0 Å². The first-order valence-electron chi connectivity index (χ1n) is 5.99. The van der Waals surface area contributed by atoms with Crippen molar-refractivity contribution >= 4 is 27.5 Å². The molecule has 0 saturated heterocycles. The number of hydrogen-bond acceptors (Lipinski definition) is 2. The Kier molecular flexibility index (Phi) is 3.16. The van der Waals surface area contributed by atoms with Crippen LogP contribution >= 0.6 is 27.5 Å². The lowest BCUT2D eigenvalue weighted by Gasteiger charge is -2.10. The number of aromatic nitrogens is 3. The van der Waals surface area contributed by atoms with E-state index < -0.39 is 0 Å². The van der Waals surface area contributed by atoms with Gasteiger partial charge in [0.25, 0.3) is 0 Å². The summed E-state index contributed by atoms with van der Waals surface area (Å²) in [6, 6.07) is 5.85. The summed E-state index contributed by atoms with van der Waals surface area (Å²) in [6.45, 7) is 2.77. The Labute approximate surface area is 119 Å². The van der Waals surface area contributed by atoms with Crippen molar-refractivity contribution in [1.82, 2.24) is 14.8 Å². The van der Waals surface area contributed by atoms with E-state index in [0.717, 1.165) is 33.3 Å². The molecule has 0 spiro atoms. The van der Waals surface area contributed by atoms with E-state index in [0.29, 0.717) is 5.92 Å². The molecule has 0 unspecified atom stereocenters. The molecule has 94 valence electrons. The second-order valence-electron chi connectivity index (χ2n) is 4.70. The van der Waals surface area contributed by atoms with Crippen LogP contribution < -0.4 is 0 Å². The van der Waals surface area contributed by atoms with Crippen LogP contribution in [0.2, 0.25) is 5.02 Å². The Balaban J connectivity index is 1.96. The summed E-state index contributed by atoms with van der Waals surface area (Å²) in [5, 5.41) is 9.24. The minimum atomic E-state index is 0.601. The molecule has 1 heterocycles. The van der Waals surface area contributed by atoms with Gasteiger partial charge in [0.1, 0.15) is 11.6 Å². The smallest absolute Gasteiger partial charge is 0.136 e. The molecule has 5 heteroatoms. The Morgan fingerprint density at radius 2 is 2.17 bits per heavy atom. The normalized spacial score (nSPS) is 15.1. The van der Waals surface area contributed by atoms with Gasteiger partial charge in [-0.05, 0) is 43.5 Å². The van der Waals surface area contributed by atoms with Crippen LogP contribution in [0.1, 0.15) is 36.0 Å². The van der Waals surface area contributed by atoms with Gasteiger partial charge in [0, 0.05) is 15.4 Å². The van der Waals surface area contributed by atoms with Crippen molar-refractivity contribution in [3.63, 3.8) is 0 Å². The van der Waals surface area contributed by atoms with E-state index in [1.54, 1.807) is 0 Å². The maximum Gasteiger partial charge on any atom is 0.136 e. The van der Waals surface area contributed by atoms with Crippen LogP contribution in [0.4, 0.5) is 0 Å². The first-order chi connectivity index (χ1) is 8.65. The molecule has 18 heavy (non-hydrogen) atoms. The maximum atomic E-state index is 6.05. The lowest BCUT2D eigenvalue weighted by Crippen LogP contribution is -2.06. The summed E-state index contributed by atoms with van der Waals surface area (Å²) in [4.78, 5) is 0. The van der Waals surface area contributed by atoms with Gasteiger partial charge in [0.2, 0.25) is 0 Å². The monoisotopic (exact) mass is 325 g/mol. The van der Waals surface area contributed by atoms with Crippen LogP contribution in [0.25, 0.3) is 0 Å². The predicted molar refractivity (Wildman–Crippen MR) is 75.0 cm³/mol. The van der Waals surface area contributed by atoms with Crippen LogP contribution in [-0.4, -0.2) is 14.8 Å². The molecule has 1 aliphatic rings. The van der Waals surface area contributed by atoms with Crippen LogP contribution in [0.3, 0.4) is 0 Å². The van der Waals surface area contributed by atoms with Crippen molar-refractivity contribution in [2.45, 2.75) is 32.2 Å². The highest BCUT2D eigenvalue weighted by molar-refractivity contribution is 9.10. The fourth-order valence-electron chi connectivity index (χ4n) is 2.07. The standard InChI is InChI=1S/C13H13BrClN3/c1-8-16-17-13(9-2-3-9)18(8)7-10-6-11(15)4-5-12(10)14/h4-6,9H,2-3,7H2,1H3. The van der Waals surface area contributed by atoms with Gasteiger partial charge < -0.3 is 4.57 Å². The molecule has 1 saturated carbocycles. The van der Waals surface area contributed by atoms with Gasteiger partial charge in [-0.1, -0.05) is 27.5 Å². The summed E-state index contributed by atoms with van der Waals surface area (Å²) in [5.74, 6) is 2.67. The van der Waals surface area contributed by atoms with E-state index in [9.17, 15) is 0 Å². The molecular formula is C13H13BrClN3. The number of rotatable bonds is 3. The Hall–Kier alpha value is -0.870. The minimum absolute atomic E-state index is 0.601. The maximum absolute atomic E-state index is 6.05. The summed E-state index contributed by atoms with van der Waals surface area (Å²) < 4.78 is 3.26. The van der Waals surface area contributed by atoms with Crippen molar-refractivity contribution in [3.05, 3.63) is 44.9 Å². The van der Waals surface area contributed by atoms with Gasteiger partial charge in [0.15, 0.2) is 0 Å². The Morgan fingerprint density at radius 1 is 1.39 bits per heavy atom. The van der Waals surface area contributed by atoms with E-state index in [1.165, 1.54) is 12.8 Å². The molecule has 0 aliphatic heterocycles. The first-order valence-corrected chi connectivity index (χ1v) is 7.16. The van der Waals surface area contributed by atoms with Crippen LogP contribution in [0.5, 0.6) is 0 Å². The first kappa shape index (κ1) is 12.2. The summed E-state index contributed by atoms with van der Waals surface area (Å²) in [6.07, 6.45) is 2.46. The Bertz CT molecular complexity index is 590. The van der Waals surface area contributed by atoms with Crippen LogP contribution in [0.15, 0.2) is 22.7 Å². The summed E-state index contributed by atoms with van der Waals surface area (Å²) in [5.41, 5.74) is 1.16. The molecule has 1 aromatic carbocycles. The van der Waals surface area contributed by atoms with Crippen molar-refractivity contribution in [3.8, 4) is 0 Å². The van der Waals surface area contributed by atoms with E-state index in [-0.39, 0.29) is 0 Å². The zero-order valence-electron chi connectivity index (χ0n) is 10.0. The van der Waals surface area contributed by atoms with Gasteiger partial charge in [-0.25, -0.2) is 0 Å². The molecule has 1 fully saturated rings. The molecule has 0 N–H and O–H groups in total. The SMILES string of the molecule is Cc1nnc(C2CC2)n1Cc1cc(Cl)ccc1Br. The van der Waals surface area contributed by atoms with Gasteiger partial charge in [-0.3, -0.25) is 0 Å². The molecule has 0 radical (unpaired) electrons. The van der Waals surface area contributed by atoms with E-state index in [4.69, 9.17) is 11.6 Å². The largest absolute Gasteiger partial charge is 0.310 e. The zero-order valence-corrected chi connectivity index (χ0v) is 12.4. The van der Waals surface area contributed by atoms with Crippen LogP contribution in [0, 0.1) is 6.92 Å². The highest BCUT2D eigenvalue weighted by atomic mass is 79.9. The fraction of sp³-hybridized carbons (Fsp3) is 0.385. The number of aryl methyl sites for hydroxylation is 1. The molecular weight excluding hydrogens is 314 g/mol. The lowest BCUT2D eigenvalue weighted by molar-refractivity contribution is 0.704. The molecule has 3 nitrogen and oxygen atoms in total. The fourth-order valence-corrected chi connectivity index (χ4v) is 2.64. The molecule has 0 amide bonds. The third kappa shape index (κ3) is 2.31. The van der Waals surface area contributed by atoms with Crippen molar-refractivity contribution in [2.75, 3.05) is 0 Å². The average molecular weight is 327 g/mol. The van der Waals surface area contributed by atoms with Crippen molar-refractivity contribution in [1.29, 1.82) is 0 Å². The molecule has 2 aromatic rings. The Morgan fingerprint density at radius 3 is 2.89 bits per heavy atom. The number of nitrogens with zero attached hydrogens (tertiary/aromatic N) is 3. The second-order valence-corrected chi connectivity index (χ2v) is 5.99. The van der Waals surface area contributed by atoms with Crippen molar-refractivity contribution in [2.24, 2.45) is 0 Å². The zero-order chi connectivity index (χ0) is 12.7.